The molecule has 1 heterocycles. The molecule has 4 nitrogen and oxygen atoms in total. The van der Waals surface area contributed by atoms with Gasteiger partial charge < -0.3 is 5.32 Å². The Hall–Kier alpha value is -1.76. The van der Waals surface area contributed by atoms with Crippen LogP contribution in [-0.2, 0) is 0 Å². The topological polar surface area (TPSA) is 57.8 Å². The highest BCUT2D eigenvalue weighted by Crippen LogP contribution is 2.27. The first kappa shape index (κ1) is 11.7. The van der Waals surface area contributed by atoms with Crippen molar-refractivity contribution in [2.75, 3.05) is 5.32 Å². The smallest absolute Gasteiger partial charge is 0.258 e. The lowest BCUT2D eigenvalue weighted by Crippen LogP contribution is -2.12. The molecule has 1 amide bonds. The Labute approximate surface area is 103 Å². The first-order valence-corrected chi connectivity index (χ1v) is 5.32. The number of halogens is 3. The van der Waals surface area contributed by atoms with Crippen molar-refractivity contribution in [3.05, 3.63) is 46.2 Å². The standard InChI is InChI=1S/C10H6BrF2N3O/c11-7-1-6(12)2-8(13)9(7)16-10(17)5-3-14-15-4-5/h1-4H,(H,14,15)(H,16,17). The first-order chi connectivity index (χ1) is 8.08. The monoisotopic (exact) mass is 301 g/mol. The number of H-pyrrole nitrogens is 1. The van der Waals surface area contributed by atoms with E-state index >= 15 is 0 Å². The quantitative estimate of drug-likeness (QED) is 0.896. The predicted molar refractivity (Wildman–Crippen MR) is 60.6 cm³/mol. The second-order valence-corrected chi connectivity index (χ2v) is 4.04. The maximum absolute atomic E-state index is 13.4. The summed E-state index contributed by atoms with van der Waals surface area (Å²) >= 11 is 2.97. The van der Waals surface area contributed by atoms with Gasteiger partial charge in [-0.2, -0.15) is 5.10 Å². The summed E-state index contributed by atoms with van der Waals surface area (Å²) < 4.78 is 26.4. The first-order valence-electron chi connectivity index (χ1n) is 4.52. The highest BCUT2D eigenvalue weighted by Gasteiger charge is 2.14. The SMILES string of the molecule is O=C(Nc1c(F)cc(F)cc1Br)c1cn[nH]c1. The van der Waals surface area contributed by atoms with Crippen molar-refractivity contribution < 1.29 is 13.6 Å². The molecule has 0 bridgehead atoms. The third-order valence-corrected chi connectivity index (χ3v) is 2.63. The molecule has 2 aromatic rings. The zero-order chi connectivity index (χ0) is 12.4. The van der Waals surface area contributed by atoms with E-state index in [2.05, 4.69) is 31.4 Å². The normalized spacial score (nSPS) is 10.3. The summed E-state index contributed by atoms with van der Waals surface area (Å²) in [4.78, 5) is 11.6. The van der Waals surface area contributed by atoms with E-state index in [0.29, 0.717) is 6.07 Å². The minimum atomic E-state index is -0.853. The van der Waals surface area contributed by atoms with E-state index in [0.717, 1.165) is 6.07 Å². The maximum atomic E-state index is 13.4. The van der Waals surface area contributed by atoms with Gasteiger partial charge in [0, 0.05) is 16.7 Å². The fraction of sp³-hybridized carbons (Fsp3) is 0. The van der Waals surface area contributed by atoms with Crippen molar-refractivity contribution >= 4 is 27.5 Å². The number of aromatic amines is 1. The summed E-state index contributed by atoms with van der Waals surface area (Å²) in [6.07, 6.45) is 2.66. The number of nitrogens with one attached hydrogen (secondary N) is 2. The van der Waals surface area contributed by atoms with E-state index in [-0.39, 0.29) is 15.7 Å². The molecule has 88 valence electrons. The average Bonchev–Trinajstić information content (AvgIpc) is 2.76. The molecule has 0 unspecified atom stereocenters. The number of nitrogens with zero attached hydrogens (tertiary/aromatic N) is 1. The second kappa shape index (κ2) is 4.62. The predicted octanol–water partition coefficient (Wildman–Crippen LogP) is 2.70. The number of hydrogen-bond donors (Lipinski definition) is 2. The van der Waals surface area contributed by atoms with E-state index < -0.39 is 17.5 Å². The van der Waals surface area contributed by atoms with Crippen LogP contribution in [0.5, 0.6) is 0 Å². The van der Waals surface area contributed by atoms with Crippen molar-refractivity contribution in [3.63, 3.8) is 0 Å². The molecule has 0 aliphatic carbocycles. The Morgan fingerprint density at radius 3 is 2.76 bits per heavy atom. The van der Waals surface area contributed by atoms with Crippen LogP contribution in [0.4, 0.5) is 14.5 Å². The molecule has 0 fully saturated rings. The number of benzene rings is 1. The fourth-order valence-electron chi connectivity index (χ4n) is 1.22. The van der Waals surface area contributed by atoms with Gasteiger partial charge in [-0.15, -0.1) is 0 Å². The third kappa shape index (κ3) is 2.50. The Morgan fingerprint density at radius 1 is 1.41 bits per heavy atom. The van der Waals surface area contributed by atoms with Crippen LogP contribution in [0.25, 0.3) is 0 Å². The van der Waals surface area contributed by atoms with Crippen LogP contribution in [0.15, 0.2) is 29.0 Å². The van der Waals surface area contributed by atoms with Crippen LogP contribution in [0, 0.1) is 11.6 Å². The molecule has 2 N–H and O–H groups in total. The highest BCUT2D eigenvalue weighted by atomic mass is 79.9. The molecule has 17 heavy (non-hydrogen) atoms. The van der Waals surface area contributed by atoms with Crippen LogP contribution in [-0.4, -0.2) is 16.1 Å². The number of hydrogen-bond acceptors (Lipinski definition) is 2. The lowest BCUT2D eigenvalue weighted by atomic mass is 10.2. The summed E-state index contributed by atoms with van der Waals surface area (Å²) in [5.41, 5.74) is 0.137. The van der Waals surface area contributed by atoms with Gasteiger partial charge in [0.2, 0.25) is 0 Å². The molecule has 0 saturated heterocycles. The zero-order valence-electron chi connectivity index (χ0n) is 8.30. The highest BCUT2D eigenvalue weighted by molar-refractivity contribution is 9.10. The molecule has 0 aliphatic heterocycles. The van der Waals surface area contributed by atoms with Gasteiger partial charge in [0.25, 0.3) is 5.91 Å². The Balaban J connectivity index is 2.28. The van der Waals surface area contributed by atoms with Crippen LogP contribution in [0.1, 0.15) is 10.4 Å². The van der Waals surface area contributed by atoms with Crippen molar-refractivity contribution in [1.29, 1.82) is 0 Å². The van der Waals surface area contributed by atoms with Crippen molar-refractivity contribution in [1.82, 2.24) is 10.2 Å². The fourth-order valence-corrected chi connectivity index (χ4v) is 1.73. The van der Waals surface area contributed by atoms with Crippen LogP contribution >= 0.6 is 15.9 Å². The molecule has 1 aromatic heterocycles. The molecule has 0 radical (unpaired) electrons. The average molecular weight is 302 g/mol. The van der Waals surface area contributed by atoms with Crippen LogP contribution in [0.2, 0.25) is 0 Å². The summed E-state index contributed by atoms with van der Waals surface area (Å²) in [7, 11) is 0. The van der Waals surface area contributed by atoms with E-state index in [4.69, 9.17) is 0 Å². The largest absolute Gasteiger partial charge is 0.318 e. The van der Waals surface area contributed by atoms with Gasteiger partial charge in [0.05, 0.1) is 17.4 Å². The Morgan fingerprint density at radius 2 is 2.18 bits per heavy atom. The minimum Gasteiger partial charge on any atom is -0.318 e. The summed E-state index contributed by atoms with van der Waals surface area (Å²) in [5.74, 6) is -2.12. The molecular formula is C10H6BrF2N3O. The molecule has 1 aromatic carbocycles. The van der Waals surface area contributed by atoms with Crippen molar-refractivity contribution in [2.24, 2.45) is 0 Å². The van der Waals surface area contributed by atoms with Gasteiger partial charge >= 0.3 is 0 Å². The number of anilines is 1. The van der Waals surface area contributed by atoms with E-state index in [9.17, 15) is 13.6 Å². The van der Waals surface area contributed by atoms with Crippen molar-refractivity contribution in [3.8, 4) is 0 Å². The number of carbonyl (C=O) groups is 1. The van der Waals surface area contributed by atoms with E-state index in [1.54, 1.807) is 0 Å². The minimum absolute atomic E-state index is 0.113. The number of carbonyl (C=O) groups excluding carboxylic acids is 1. The molecule has 0 saturated carbocycles. The number of rotatable bonds is 2. The number of amides is 1. The summed E-state index contributed by atoms with van der Waals surface area (Å²) in [5, 5.41) is 8.37. The maximum Gasteiger partial charge on any atom is 0.258 e. The lowest BCUT2D eigenvalue weighted by Gasteiger charge is -2.07. The Kier molecular flexibility index (Phi) is 3.19. The molecule has 0 atom stereocenters. The van der Waals surface area contributed by atoms with Gasteiger partial charge in [-0.25, -0.2) is 8.78 Å². The van der Waals surface area contributed by atoms with E-state index in [1.807, 2.05) is 0 Å². The molecular weight excluding hydrogens is 296 g/mol. The molecule has 7 heteroatoms. The molecule has 0 spiro atoms. The summed E-state index contributed by atoms with van der Waals surface area (Å²) in [6.45, 7) is 0. The zero-order valence-corrected chi connectivity index (χ0v) is 9.88. The van der Waals surface area contributed by atoms with Gasteiger partial charge in [-0.3, -0.25) is 9.89 Å². The lowest BCUT2D eigenvalue weighted by molar-refractivity contribution is 0.102. The van der Waals surface area contributed by atoms with Gasteiger partial charge in [-0.1, -0.05) is 0 Å². The Bertz CT molecular complexity index is 534. The molecule has 0 aliphatic rings. The van der Waals surface area contributed by atoms with Gasteiger partial charge in [0.1, 0.15) is 5.82 Å². The summed E-state index contributed by atoms with van der Waals surface area (Å²) in [6, 6.07) is 1.75. The van der Waals surface area contributed by atoms with E-state index in [1.165, 1.54) is 12.4 Å². The number of aromatic nitrogens is 2. The third-order valence-electron chi connectivity index (χ3n) is 2.01. The van der Waals surface area contributed by atoms with Crippen molar-refractivity contribution in [2.45, 2.75) is 0 Å². The molecule has 2 rings (SSSR count). The van der Waals surface area contributed by atoms with Crippen LogP contribution < -0.4 is 5.32 Å². The van der Waals surface area contributed by atoms with Crippen LogP contribution in [0.3, 0.4) is 0 Å². The second-order valence-electron chi connectivity index (χ2n) is 3.19. The van der Waals surface area contributed by atoms with Gasteiger partial charge in [-0.05, 0) is 22.0 Å². The van der Waals surface area contributed by atoms with Gasteiger partial charge in [0.15, 0.2) is 5.82 Å².